The SMILES string of the molecule is CCCCOCCCN=C(NCC)NC(C)Cc1c(C)nn(C)c1C.I. The molecule has 1 unspecified atom stereocenters. The van der Waals surface area contributed by atoms with Crippen LogP contribution in [0.2, 0.25) is 0 Å². The number of halogens is 1. The molecule has 0 aliphatic heterocycles. The first kappa shape index (κ1) is 25.2. The van der Waals surface area contributed by atoms with E-state index in [9.17, 15) is 0 Å². The monoisotopic (exact) mass is 479 g/mol. The number of rotatable bonds is 11. The highest BCUT2D eigenvalue weighted by Crippen LogP contribution is 2.14. The largest absolute Gasteiger partial charge is 0.381 e. The van der Waals surface area contributed by atoms with Crippen LogP contribution in [0.15, 0.2) is 4.99 Å². The van der Waals surface area contributed by atoms with Crippen molar-refractivity contribution in [3.8, 4) is 0 Å². The van der Waals surface area contributed by atoms with E-state index in [0.717, 1.165) is 57.2 Å². The van der Waals surface area contributed by atoms with Gasteiger partial charge in [-0.2, -0.15) is 5.10 Å². The summed E-state index contributed by atoms with van der Waals surface area (Å²) in [5.41, 5.74) is 3.67. The number of unbranched alkanes of at least 4 members (excludes halogenated alkanes) is 1. The summed E-state index contributed by atoms with van der Waals surface area (Å²) in [6, 6.07) is 0.292. The summed E-state index contributed by atoms with van der Waals surface area (Å²) in [7, 11) is 2.00. The highest BCUT2D eigenvalue weighted by Gasteiger charge is 2.13. The lowest BCUT2D eigenvalue weighted by Gasteiger charge is -2.18. The average molecular weight is 479 g/mol. The molecule has 6 nitrogen and oxygen atoms in total. The number of aryl methyl sites for hydroxylation is 2. The molecular formula is C19H38IN5O. The number of hydrogen-bond acceptors (Lipinski definition) is 3. The Morgan fingerprint density at radius 2 is 1.92 bits per heavy atom. The molecule has 1 aromatic rings. The first-order valence-electron chi connectivity index (χ1n) is 9.61. The van der Waals surface area contributed by atoms with Gasteiger partial charge in [-0.3, -0.25) is 9.67 Å². The van der Waals surface area contributed by atoms with Crippen molar-refractivity contribution in [2.24, 2.45) is 12.0 Å². The van der Waals surface area contributed by atoms with E-state index >= 15 is 0 Å². The summed E-state index contributed by atoms with van der Waals surface area (Å²) >= 11 is 0. The van der Waals surface area contributed by atoms with Crippen molar-refractivity contribution in [2.75, 3.05) is 26.3 Å². The Morgan fingerprint density at radius 3 is 2.50 bits per heavy atom. The van der Waals surface area contributed by atoms with E-state index in [1.54, 1.807) is 0 Å². The minimum absolute atomic E-state index is 0. The van der Waals surface area contributed by atoms with E-state index in [1.165, 1.54) is 17.7 Å². The number of ether oxygens (including phenoxy) is 1. The van der Waals surface area contributed by atoms with Crippen molar-refractivity contribution in [3.63, 3.8) is 0 Å². The van der Waals surface area contributed by atoms with Crippen LogP contribution in [0.5, 0.6) is 0 Å². The van der Waals surface area contributed by atoms with E-state index in [2.05, 4.69) is 55.3 Å². The van der Waals surface area contributed by atoms with Crippen LogP contribution >= 0.6 is 24.0 Å². The van der Waals surface area contributed by atoms with E-state index in [-0.39, 0.29) is 24.0 Å². The molecule has 1 heterocycles. The summed E-state index contributed by atoms with van der Waals surface area (Å²) in [5, 5.41) is 11.3. The molecule has 0 aliphatic rings. The predicted molar refractivity (Wildman–Crippen MR) is 121 cm³/mol. The van der Waals surface area contributed by atoms with E-state index in [0.29, 0.717) is 6.04 Å². The zero-order valence-corrected chi connectivity index (χ0v) is 19.7. The van der Waals surface area contributed by atoms with Crippen LogP contribution < -0.4 is 10.6 Å². The van der Waals surface area contributed by atoms with Crippen molar-refractivity contribution >= 4 is 29.9 Å². The number of nitrogens with zero attached hydrogens (tertiary/aromatic N) is 3. The molecule has 1 aromatic heterocycles. The molecule has 0 bridgehead atoms. The maximum absolute atomic E-state index is 5.59. The Morgan fingerprint density at radius 1 is 1.23 bits per heavy atom. The molecule has 0 saturated carbocycles. The van der Waals surface area contributed by atoms with E-state index in [4.69, 9.17) is 4.74 Å². The molecule has 0 fully saturated rings. The van der Waals surface area contributed by atoms with Gasteiger partial charge in [-0.25, -0.2) is 0 Å². The maximum atomic E-state index is 5.59. The number of aliphatic imine (C=N–C) groups is 1. The molecule has 152 valence electrons. The van der Waals surface area contributed by atoms with Crippen LogP contribution in [-0.2, 0) is 18.2 Å². The predicted octanol–water partition coefficient (Wildman–Crippen LogP) is 3.35. The van der Waals surface area contributed by atoms with Crippen molar-refractivity contribution in [1.82, 2.24) is 20.4 Å². The molecule has 0 aliphatic carbocycles. The average Bonchev–Trinajstić information content (AvgIpc) is 2.80. The first-order valence-corrected chi connectivity index (χ1v) is 9.61. The summed E-state index contributed by atoms with van der Waals surface area (Å²) in [6.45, 7) is 13.9. The zero-order chi connectivity index (χ0) is 18.7. The molecule has 0 radical (unpaired) electrons. The molecule has 0 saturated heterocycles. The van der Waals surface area contributed by atoms with Crippen molar-refractivity contribution < 1.29 is 4.74 Å². The summed E-state index contributed by atoms with van der Waals surface area (Å²) in [6.07, 6.45) is 4.21. The lowest BCUT2D eigenvalue weighted by atomic mass is 10.1. The third-order valence-electron chi connectivity index (χ3n) is 4.26. The molecule has 0 aromatic carbocycles. The van der Waals surface area contributed by atoms with Gasteiger partial charge in [0.15, 0.2) is 5.96 Å². The van der Waals surface area contributed by atoms with Gasteiger partial charge in [0.2, 0.25) is 0 Å². The van der Waals surface area contributed by atoms with E-state index in [1.807, 2.05) is 11.7 Å². The maximum Gasteiger partial charge on any atom is 0.191 e. The Kier molecular flexibility index (Phi) is 13.8. The number of nitrogens with one attached hydrogen (secondary N) is 2. The van der Waals surface area contributed by atoms with Crippen LogP contribution in [0, 0.1) is 13.8 Å². The Bertz CT molecular complexity index is 530. The number of aromatic nitrogens is 2. The number of guanidine groups is 1. The molecule has 7 heteroatoms. The first-order chi connectivity index (χ1) is 12.0. The van der Waals surface area contributed by atoms with Crippen molar-refractivity contribution in [3.05, 3.63) is 17.0 Å². The highest BCUT2D eigenvalue weighted by molar-refractivity contribution is 14.0. The second-order valence-corrected chi connectivity index (χ2v) is 6.60. The van der Waals surface area contributed by atoms with Gasteiger partial charge in [-0.1, -0.05) is 13.3 Å². The topological polar surface area (TPSA) is 63.5 Å². The fourth-order valence-corrected chi connectivity index (χ4v) is 2.73. The van der Waals surface area contributed by atoms with Gasteiger partial charge >= 0.3 is 0 Å². The smallest absolute Gasteiger partial charge is 0.191 e. The van der Waals surface area contributed by atoms with Crippen molar-refractivity contribution in [1.29, 1.82) is 0 Å². The van der Waals surface area contributed by atoms with E-state index < -0.39 is 0 Å². The van der Waals surface area contributed by atoms with Crippen molar-refractivity contribution in [2.45, 2.75) is 66.3 Å². The second-order valence-electron chi connectivity index (χ2n) is 6.60. The summed E-state index contributed by atoms with van der Waals surface area (Å²) in [4.78, 5) is 4.66. The fourth-order valence-electron chi connectivity index (χ4n) is 2.73. The lowest BCUT2D eigenvalue weighted by Crippen LogP contribution is -2.43. The Labute approximate surface area is 176 Å². The van der Waals surface area contributed by atoms with Gasteiger partial charge in [0, 0.05) is 45.1 Å². The molecule has 1 rings (SSSR count). The minimum Gasteiger partial charge on any atom is -0.381 e. The Balaban J connectivity index is 0.00000625. The van der Waals surface area contributed by atoms with Gasteiger partial charge in [-0.05, 0) is 52.5 Å². The summed E-state index contributed by atoms with van der Waals surface area (Å²) in [5.74, 6) is 0.878. The van der Waals surface area contributed by atoms with Gasteiger partial charge in [-0.15, -0.1) is 24.0 Å². The minimum atomic E-state index is 0. The van der Waals surface area contributed by atoms with Crippen LogP contribution in [0.4, 0.5) is 0 Å². The standard InChI is InChI=1S/C19H37N5O.HI/c1-7-9-12-25-13-10-11-21-19(20-8-2)22-15(3)14-18-16(4)23-24(6)17(18)5;/h15H,7-14H2,1-6H3,(H2,20,21,22);1H. The third kappa shape index (κ3) is 9.21. The second kappa shape index (κ2) is 14.3. The van der Waals surface area contributed by atoms with Crippen LogP contribution in [-0.4, -0.2) is 48.1 Å². The molecule has 0 spiro atoms. The molecule has 0 amide bonds. The molecule has 1 atom stereocenters. The quantitative estimate of drug-likeness (QED) is 0.221. The van der Waals surface area contributed by atoms with Gasteiger partial charge in [0.25, 0.3) is 0 Å². The number of hydrogen-bond donors (Lipinski definition) is 2. The van der Waals surface area contributed by atoms with Crippen LogP contribution in [0.3, 0.4) is 0 Å². The molecular weight excluding hydrogens is 441 g/mol. The Hall–Kier alpha value is -0.830. The zero-order valence-electron chi connectivity index (χ0n) is 17.4. The highest BCUT2D eigenvalue weighted by atomic mass is 127. The van der Waals surface area contributed by atoms with Crippen LogP contribution in [0.1, 0.15) is 57.0 Å². The summed E-state index contributed by atoms with van der Waals surface area (Å²) < 4.78 is 7.54. The normalized spacial score (nSPS) is 12.6. The molecule has 26 heavy (non-hydrogen) atoms. The lowest BCUT2D eigenvalue weighted by molar-refractivity contribution is 0.130. The van der Waals surface area contributed by atoms with Gasteiger partial charge in [0.1, 0.15) is 0 Å². The van der Waals surface area contributed by atoms with Gasteiger partial charge < -0.3 is 15.4 Å². The third-order valence-corrected chi connectivity index (χ3v) is 4.26. The molecule has 2 N–H and O–H groups in total. The fraction of sp³-hybridized carbons (Fsp3) is 0.789. The van der Waals surface area contributed by atoms with Gasteiger partial charge in [0.05, 0.1) is 5.69 Å². The van der Waals surface area contributed by atoms with Crippen LogP contribution in [0.25, 0.3) is 0 Å².